The highest BCUT2D eigenvalue weighted by Crippen LogP contribution is 2.36. The van der Waals surface area contributed by atoms with Crippen LogP contribution in [0.2, 0.25) is 0 Å². The van der Waals surface area contributed by atoms with Gasteiger partial charge < -0.3 is 5.32 Å². The lowest BCUT2D eigenvalue weighted by atomic mass is 9.88. The molecule has 1 N–H and O–H groups in total. The first-order chi connectivity index (χ1) is 11.7. The molecule has 0 bridgehead atoms. The van der Waals surface area contributed by atoms with Crippen molar-refractivity contribution in [3.8, 4) is 5.69 Å². The average molecular weight is 345 g/mol. The number of anilines is 1. The summed E-state index contributed by atoms with van der Waals surface area (Å²) < 4.78 is 15.0. The zero-order valence-electron chi connectivity index (χ0n) is 13.4. The molecule has 1 aliphatic carbocycles. The van der Waals surface area contributed by atoms with Crippen LogP contribution in [0, 0.1) is 11.7 Å². The Hall–Kier alpha value is -1.82. The van der Waals surface area contributed by atoms with Crippen LogP contribution in [0.1, 0.15) is 43.4 Å². The molecule has 1 saturated carbocycles. The van der Waals surface area contributed by atoms with E-state index in [1.54, 1.807) is 28.6 Å². The van der Waals surface area contributed by atoms with Crippen LogP contribution in [-0.2, 0) is 16.3 Å². The summed E-state index contributed by atoms with van der Waals surface area (Å²) >= 11 is 1.81. The highest BCUT2D eigenvalue weighted by Gasteiger charge is 2.27. The number of nitrogens with one attached hydrogen (secondary N) is 1. The molecule has 126 valence electrons. The molecule has 6 heteroatoms. The molecule has 1 aromatic carbocycles. The normalized spacial score (nSPS) is 17.7. The SMILES string of the molecule is O=C(Nc1c2c(nn1-c1ccc(F)cc1)CSC2)C1CCCCC1. The highest BCUT2D eigenvalue weighted by atomic mass is 32.2. The van der Waals surface area contributed by atoms with E-state index in [-0.39, 0.29) is 17.6 Å². The van der Waals surface area contributed by atoms with Crippen molar-refractivity contribution >= 4 is 23.5 Å². The summed E-state index contributed by atoms with van der Waals surface area (Å²) in [5.41, 5.74) is 2.89. The Labute approximate surface area is 144 Å². The molecule has 1 amide bonds. The molecule has 1 fully saturated rings. The predicted octanol–water partition coefficient (Wildman–Crippen LogP) is 4.28. The molecule has 2 heterocycles. The molecule has 4 rings (SSSR count). The van der Waals surface area contributed by atoms with Crippen molar-refractivity contribution in [3.05, 3.63) is 41.3 Å². The molecule has 0 unspecified atom stereocenters. The Bertz CT molecular complexity index is 750. The molecule has 4 nitrogen and oxygen atoms in total. The second kappa shape index (κ2) is 6.59. The smallest absolute Gasteiger partial charge is 0.228 e. The van der Waals surface area contributed by atoms with Crippen molar-refractivity contribution < 1.29 is 9.18 Å². The molecule has 0 spiro atoms. The summed E-state index contributed by atoms with van der Waals surface area (Å²) in [6.07, 6.45) is 5.41. The Morgan fingerprint density at radius 3 is 2.67 bits per heavy atom. The summed E-state index contributed by atoms with van der Waals surface area (Å²) in [5.74, 6) is 2.39. The first-order valence-corrected chi connectivity index (χ1v) is 9.63. The minimum atomic E-state index is -0.276. The number of carbonyl (C=O) groups is 1. The molecule has 0 atom stereocenters. The van der Waals surface area contributed by atoms with Gasteiger partial charge in [-0.15, -0.1) is 0 Å². The van der Waals surface area contributed by atoms with E-state index in [0.29, 0.717) is 0 Å². The van der Waals surface area contributed by atoms with Gasteiger partial charge >= 0.3 is 0 Å². The second-order valence-corrected chi connectivity index (χ2v) is 7.46. The van der Waals surface area contributed by atoms with Crippen molar-refractivity contribution in [1.29, 1.82) is 0 Å². The standard InChI is InChI=1S/C18H20FN3OS/c19-13-6-8-14(9-7-13)22-17(15-10-24-11-16(15)21-22)20-18(23)12-4-2-1-3-5-12/h6-9,12H,1-5,10-11H2,(H,20,23). The first kappa shape index (κ1) is 15.7. The molecule has 0 radical (unpaired) electrons. The van der Waals surface area contributed by atoms with E-state index in [2.05, 4.69) is 10.4 Å². The fourth-order valence-corrected chi connectivity index (χ4v) is 4.53. The molecular formula is C18H20FN3OS. The number of amides is 1. The van der Waals surface area contributed by atoms with Crippen LogP contribution in [0.4, 0.5) is 10.2 Å². The van der Waals surface area contributed by atoms with Gasteiger partial charge in [-0.05, 0) is 37.1 Å². The Kier molecular flexibility index (Phi) is 4.31. The number of carbonyl (C=O) groups excluding carboxylic acids is 1. The van der Waals surface area contributed by atoms with Gasteiger partial charge in [0.1, 0.15) is 11.6 Å². The van der Waals surface area contributed by atoms with Gasteiger partial charge in [0, 0.05) is 23.0 Å². The van der Waals surface area contributed by atoms with E-state index in [4.69, 9.17) is 0 Å². The maximum Gasteiger partial charge on any atom is 0.228 e. The van der Waals surface area contributed by atoms with Crippen LogP contribution in [0.25, 0.3) is 5.69 Å². The van der Waals surface area contributed by atoms with E-state index < -0.39 is 0 Å². The summed E-state index contributed by atoms with van der Waals surface area (Å²) in [7, 11) is 0. The lowest BCUT2D eigenvalue weighted by molar-refractivity contribution is -0.120. The third kappa shape index (κ3) is 2.95. The molecule has 2 aromatic rings. The first-order valence-electron chi connectivity index (χ1n) is 8.47. The van der Waals surface area contributed by atoms with E-state index in [9.17, 15) is 9.18 Å². The molecule has 2 aliphatic rings. The van der Waals surface area contributed by atoms with Gasteiger partial charge in [0.05, 0.1) is 11.4 Å². The quantitative estimate of drug-likeness (QED) is 0.903. The summed E-state index contributed by atoms with van der Waals surface area (Å²) in [6.45, 7) is 0. The number of hydrogen-bond acceptors (Lipinski definition) is 3. The number of benzene rings is 1. The maximum atomic E-state index is 13.2. The van der Waals surface area contributed by atoms with Crippen LogP contribution in [-0.4, -0.2) is 15.7 Å². The largest absolute Gasteiger partial charge is 0.310 e. The number of fused-ring (bicyclic) bond motifs is 1. The van der Waals surface area contributed by atoms with Crippen molar-refractivity contribution in [3.63, 3.8) is 0 Å². The summed E-state index contributed by atoms with van der Waals surface area (Å²) in [6, 6.07) is 6.23. The molecule has 24 heavy (non-hydrogen) atoms. The number of nitrogens with zero attached hydrogens (tertiary/aromatic N) is 2. The summed E-state index contributed by atoms with van der Waals surface area (Å²) in [5, 5.41) is 7.78. The molecule has 1 aliphatic heterocycles. The maximum absolute atomic E-state index is 13.2. The fraction of sp³-hybridized carbons (Fsp3) is 0.444. The van der Waals surface area contributed by atoms with E-state index in [1.165, 1.54) is 18.6 Å². The topological polar surface area (TPSA) is 46.9 Å². The van der Waals surface area contributed by atoms with Crippen LogP contribution in [0.5, 0.6) is 0 Å². The number of hydrogen-bond donors (Lipinski definition) is 1. The van der Waals surface area contributed by atoms with Crippen LogP contribution >= 0.6 is 11.8 Å². The minimum absolute atomic E-state index is 0.0951. The Balaban J connectivity index is 1.65. The molecule has 0 saturated heterocycles. The molecule has 1 aromatic heterocycles. The fourth-order valence-electron chi connectivity index (χ4n) is 3.49. The Morgan fingerprint density at radius 2 is 1.92 bits per heavy atom. The lowest BCUT2D eigenvalue weighted by Gasteiger charge is -2.21. The third-order valence-corrected chi connectivity index (χ3v) is 5.81. The van der Waals surface area contributed by atoms with E-state index in [1.807, 2.05) is 0 Å². The van der Waals surface area contributed by atoms with Crippen molar-refractivity contribution in [2.24, 2.45) is 5.92 Å². The van der Waals surface area contributed by atoms with Crippen LogP contribution in [0.3, 0.4) is 0 Å². The van der Waals surface area contributed by atoms with Gasteiger partial charge in [0.25, 0.3) is 0 Å². The van der Waals surface area contributed by atoms with Gasteiger partial charge in [-0.1, -0.05) is 19.3 Å². The van der Waals surface area contributed by atoms with E-state index in [0.717, 1.165) is 60.0 Å². The van der Waals surface area contributed by atoms with E-state index >= 15 is 0 Å². The van der Waals surface area contributed by atoms with Crippen molar-refractivity contribution in [1.82, 2.24) is 9.78 Å². The zero-order valence-corrected chi connectivity index (χ0v) is 14.2. The Morgan fingerprint density at radius 1 is 1.17 bits per heavy atom. The monoisotopic (exact) mass is 345 g/mol. The highest BCUT2D eigenvalue weighted by molar-refractivity contribution is 7.98. The van der Waals surface area contributed by atoms with Crippen LogP contribution in [0.15, 0.2) is 24.3 Å². The van der Waals surface area contributed by atoms with Gasteiger partial charge in [-0.3, -0.25) is 4.79 Å². The molecular weight excluding hydrogens is 325 g/mol. The van der Waals surface area contributed by atoms with Gasteiger partial charge in [0.15, 0.2) is 0 Å². The van der Waals surface area contributed by atoms with Crippen molar-refractivity contribution in [2.75, 3.05) is 5.32 Å². The van der Waals surface area contributed by atoms with Gasteiger partial charge in [-0.25, -0.2) is 9.07 Å². The minimum Gasteiger partial charge on any atom is -0.310 e. The second-order valence-electron chi connectivity index (χ2n) is 6.48. The lowest BCUT2D eigenvalue weighted by Crippen LogP contribution is -2.26. The number of halogens is 1. The van der Waals surface area contributed by atoms with Crippen LogP contribution < -0.4 is 5.32 Å². The predicted molar refractivity (Wildman–Crippen MR) is 93.7 cm³/mol. The van der Waals surface area contributed by atoms with Gasteiger partial charge in [-0.2, -0.15) is 16.9 Å². The van der Waals surface area contributed by atoms with Gasteiger partial charge in [0.2, 0.25) is 5.91 Å². The zero-order chi connectivity index (χ0) is 16.5. The number of aromatic nitrogens is 2. The van der Waals surface area contributed by atoms with Crippen molar-refractivity contribution in [2.45, 2.75) is 43.6 Å². The average Bonchev–Trinajstić information content (AvgIpc) is 3.19. The number of thioether (sulfide) groups is 1. The third-order valence-electron chi connectivity index (χ3n) is 4.84. The number of rotatable bonds is 3. The summed E-state index contributed by atoms with van der Waals surface area (Å²) in [4.78, 5) is 12.7.